The Morgan fingerprint density at radius 3 is 2.10 bits per heavy atom. The van der Waals surface area contributed by atoms with E-state index in [4.69, 9.17) is 14.6 Å². The van der Waals surface area contributed by atoms with E-state index in [1.54, 1.807) is 0 Å². The number of hydrogen-bond donors (Lipinski definition) is 3. The van der Waals surface area contributed by atoms with Crippen molar-refractivity contribution in [3.8, 4) is 11.1 Å². The number of rotatable bonds is 8. The first-order chi connectivity index (χ1) is 14.4. The van der Waals surface area contributed by atoms with Gasteiger partial charge in [0, 0.05) is 13.0 Å². The summed E-state index contributed by atoms with van der Waals surface area (Å²) >= 11 is 0. The SMILES string of the molecule is COCC(NC(=O)[C@H](C)NC(=O)OCC1c2ccccc2-c2ccccc21)C(=O)O. The van der Waals surface area contributed by atoms with Gasteiger partial charge in [0.2, 0.25) is 5.91 Å². The number of nitrogens with one attached hydrogen (secondary N) is 2. The Morgan fingerprint density at radius 1 is 1.00 bits per heavy atom. The van der Waals surface area contributed by atoms with Crippen molar-refractivity contribution in [3.05, 3.63) is 59.7 Å². The number of carboxylic acid groups (broad SMARTS) is 1. The van der Waals surface area contributed by atoms with Gasteiger partial charge in [0.25, 0.3) is 0 Å². The molecule has 3 rings (SSSR count). The topological polar surface area (TPSA) is 114 Å². The minimum absolute atomic E-state index is 0.0922. The van der Waals surface area contributed by atoms with E-state index in [1.165, 1.54) is 14.0 Å². The summed E-state index contributed by atoms with van der Waals surface area (Å²) in [6.07, 6.45) is -0.752. The summed E-state index contributed by atoms with van der Waals surface area (Å²) < 4.78 is 10.2. The number of amides is 2. The molecule has 0 saturated heterocycles. The van der Waals surface area contributed by atoms with Gasteiger partial charge < -0.3 is 25.2 Å². The third kappa shape index (κ3) is 4.60. The highest BCUT2D eigenvalue weighted by molar-refractivity contribution is 5.89. The Hall–Kier alpha value is -3.39. The molecule has 0 radical (unpaired) electrons. The summed E-state index contributed by atoms with van der Waals surface area (Å²) in [6, 6.07) is 13.8. The van der Waals surface area contributed by atoms with Crippen molar-refractivity contribution in [3.63, 3.8) is 0 Å². The van der Waals surface area contributed by atoms with Crippen LogP contribution in [0.2, 0.25) is 0 Å². The number of alkyl carbamates (subject to hydrolysis) is 1. The van der Waals surface area contributed by atoms with Crippen molar-refractivity contribution in [2.75, 3.05) is 20.3 Å². The van der Waals surface area contributed by atoms with Crippen LogP contribution in [0.1, 0.15) is 24.0 Å². The van der Waals surface area contributed by atoms with Gasteiger partial charge in [-0.05, 0) is 29.2 Å². The number of carbonyl (C=O) groups is 3. The summed E-state index contributed by atoms with van der Waals surface area (Å²) in [5.41, 5.74) is 4.41. The molecule has 1 unspecified atom stereocenters. The van der Waals surface area contributed by atoms with E-state index >= 15 is 0 Å². The molecule has 3 N–H and O–H groups in total. The molecule has 0 heterocycles. The minimum Gasteiger partial charge on any atom is -0.480 e. The van der Waals surface area contributed by atoms with Gasteiger partial charge in [-0.2, -0.15) is 0 Å². The molecule has 2 amide bonds. The molecule has 0 saturated carbocycles. The van der Waals surface area contributed by atoms with Crippen molar-refractivity contribution < 1.29 is 29.0 Å². The van der Waals surface area contributed by atoms with Crippen LogP contribution in [0.25, 0.3) is 11.1 Å². The Morgan fingerprint density at radius 2 is 1.57 bits per heavy atom. The first-order valence-electron chi connectivity index (χ1n) is 9.56. The fourth-order valence-corrected chi connectivity index (χ4v) is 3.52. The number of methoxy groups -OCH3 is 1. The first-order valence-corrected chi connectivity index (χ1v) is 9.56. The van der Waals surface area contributed by atoms with E-state index in [2.05, 4.69) is 10.6 Å². The third-order valence-corrected chi connectivity index (χ3v) is 5.02. The Bertz CT molecular complexity index is 899. The molecule has 0 aliphatic heterocycles. The zero-order valence-corrected chi connectivity index (χ0v) is 16.8. The van der Waals surface area contributed by atoms with Crippen LogP contribution < -0.4 is 10.6 Å². The van der Waals surface area contributed by atoms with Crippen LogP contribution in [0.15, 0.2) is 48.5 Å². The van der Waals surface area contributed by atoms with Crippen LogP contribution in [-0.2, 0) is 19.1 Å². The largest absolute Gasteiger partial charge is 0.480 e. The fourth-order valence-electron chi connectivity index (χ4n) is 3.52. The molecule has 8 nitrogen and oxygen atoms in total. The summed E-state index contributed by atoms with van der Waals surface area (Å²) in [5, 5.41) is 13.8. The van der Waals surface area contributed by atoms with Gasteiger partial charge in [-0.15, -0.1) is 0 Å². The van der Waals surface area contributed by atoms with Crippen LogP contribution in [0.3, 0.4) is 0 Å². The summed E-state index contributed by atoms with van der Waals surface area (Å²) in [7, 11) is 1.33. The highest BCUT2D eigenvalue weighted by Crippen LogP contribution is 2.44. The van der Waals surface area contributed by atoms with E-state index < -0.39 is 30.1 Å². The molecular weight excluding hydrogens is 388 g/mol. The molecule has 2 atom stereocenters. The normalized spacial score (nSPS) is 14.2. The molecule has 2 aromatic carbocycles. The second kappa shape index (κ2) is 9.41. The summed E-state index contributed by atoms with van der Waals surface area (Å²) in [4.78, 5) is 35.5. The fraction of sp³-hybridized carbons (Fsp3) is 0.318. The van der Waals surface area contributed by atoms with Gasteiger partial charge in [0.15, 0.2) is 6.04 Å². The zero-order chi connectivity index (χ0) is 21.7. The van der Waals surface area contributed by atoms with E-state index in [-0.39, 0.29) is 19.1 Å². The van der Waals surface area contributed by atoms with Crippen LogP contribution in [0.4, 0.5) is 4.79 Å². The number of fused-ring (bicyclic) bond motifs is 3. The Labute approximate surface area is 174 Å². The standard InChI is InChI=1S/C22H24N2O6/c1-13(20(25)24-19(12-29-2)21(26)27)23-22(28)30-11-18-16-9-5-3-7-14(16)15-8-4-6-10-17(15)18/h3-10,13,18-19H,11-12H2,1-2H3,(H,23,28)(H,24,25)(H,26,27)/t13-,19?/m0/s1. The molecule has 2 aromatic rings. The summed E-state index contributed by atoms with van der Waals surface area (Å²) in [5.74, 6) is -1.96. The van der Waals surface area contributed by atoms with Gasteiger partial charge in [0.05, 0.1) is 6.61 Å². The smallest absolute Gasteiger partial charge is 0.407 e. The van der Waals surface area contributed by atoms with E-state index in [0.717, 1.165) is 22.3 Å². The monoisotopic (exact) mass is 412 g/mol. The Balaban J connectivity index is 1.58. The third-order valence-electron chi connectivity index (χ3n) is 5.02. The lowest BCUT2D eigenvalue weighted by Crippen LogP contribution is -2.51. The predicted molar refractivity (Wildman–Crippen MR) is 109 cm³/mol. The van der Waals surface area contributed by atoms with E-state index in [0.29, 0.717) is 0 Å². The molecule has 30 heavy (non-hydrogen) atoms. The molecule has 1 aliphatic rings. The van der Waals surface area contributed by atoms with Crippen molar-refractivity contribution in [2.45, 2.75) is 24.9 Å². The lowest BCUT2D eigenvalue weighted by molar-refractivity contribution is -0.143. The van der Waals surface area contributed by atoms with Crippen LogP contribution in [0.5, 0.6) is 0 Å². The molecule has 0 aromatic heterocycles. The number of hydrogen-bond acceptors (Lipinski definition) is 5. The van der Waals surface area contributed by atoms with E-state index in [1.807, 2.05) is 48.5 Å². The highest BCUT2D eigenvalue weighted by atomic mass is 16.5. The molecule has 8 heteroatoms. The lowest BCUT2D eigenvalue weighted by Gasteiger charge is -2.19. The molecule has 0 spiro atoms. The maximum absolute atomic E-state index is 12.2. The van der Waals surface area contributed by atoms with Gasteiger partial charge >= 0.3 is 12.1 Å². The maximum Gasteiger partial charge on any atom is 0.407 e. The van der Waals surface area contributed by atoms with Crippen LogP contribution >= 0.6 is 0 Å². The molecule has 158 valence electrons. The van der Waals surface area contributed by atoms with Crippen LogP contribution in [-0.4, -0.2) is 55.5 Å². The lowest BCUT2D eigenvalue weighted by atomic mass is 9.98. The van der Waals surface area contributed by atoms with Gasteiger partial charge in [0.1, 0.15) is 12.6 Å². The quantitative estimate of drug-likeness (QED) is 0.612. The zero-order valence-electron chi connectivity index (χ0n) is 16.8. The minimum atomic E-state index is -1.22. The van der Waals surface area contributed by atoms with Crippen molar-refractivity contribution >= 4 is 18.0 Å². The number of benzene rings is 2. The van der Waals surface area contributed by atoms with Gasteiger partial charge in [-0.25, -0.2) is 9.59 Å². The number of ether oxygens (including phenoxy) is 2. The average molecular weight is 412 g/mol. The van der Waals surface area contributed by atoms with Crippen LogP contribution in [0, 0.1) is 0 Å². The predicted octanol–water partition coefficient (Wildman–Crippen LogP) is 2.13. The van der Waals surface area contributed by atoms with Gasteiger partial charge in [-0.1, -0.05) is 48.5 Å². The molecular formula is C22H24N2O6. The second-order valence-electron chi connectivity index (χ2n) is 7.05. The first kappa shape index (κ1) is 21.3. The maximum atomic E-state index is 12.2. The van der Waals surface area contributed by atoms with Crippen molar-refractivity contribution in [2.24, 2.45) is 0 Å². The number of aliphatic carboxylic acids is 1. The van der Waals surface area contributed by atoms with Crippen molar-refractivity contribution in [1.29, 1.82) is 0 Å². The van der Waals surface area contributed by atoms with Gasteiger partial charge in [-0.3, -0.25) is 4.79 Å². The molecule has 1 aliphatic carbocycles. The molecule has 0 bridgehead atoms. The molecule has 0 fully saturated rings. The second-order valence-corrected chi connectivity index (χ2v) is 7.05. The highest BCUT2D eigenvalue weighted by Gasteiger charge is 2.29. The summed E-state index contributed by atoms with van der Waals surface area (Å²) in [6.45, 7) is 1.39. The number of carbonyl (C=O) groups excluding carboxylic acids is 2. The average Bonchev–Trinajstić information content (AvgIpc) is 3.05. The Kier molecular flexibility index (Phi) is 6.68. The van der Waals surface area contributed by atoms with Crippen molar-refractivity contribution in [1.82, 2.24) is 10.6 Å². The number of carboxylic acids is 1. The van der Waals surface area contributed by atoms with E-state index in [9.17, 15) is 14.4 Å².